The van der Waals surface area contributed by atoms with Crippen LogP contribution in [-0.4, -0.2) is 37.8 Å². The number of hydrogen-bond donors (Lipinski definition) is 0. The Morgan fingerprint density at radius 3 is 2.22 bits per heavy atom. The van der Waals surface area contributed by atoms with Gasteiger partial charge in [0.15, 0.2) is 0 Å². The Balaban J connectivity index is 2.41. The summed E-state index contributed by atoms with van der Waals surface area (Å²) >= 11 is -0.109. The van der Waals surface area contributed by atoms with Gasteiger partial charge in [-0.15, -0.1) is 0 Å². The van der Waals surface area contributed by atoms with Gasteiger partial charge in [0.05, 0.1) is 0 Å². The quantitative estimate of drug-likeness (QED) is 0.339. The van der Waals surface area contributed by atoms with Crippen LogP contribution in [0.2, 0.25) is 0 Å². The first-order valence-electron chi connectivity index (χ1n) is 8.75. The molecular formula is C20H29NOSe. The third-order valence-corrected chi connectivity index (χ3v) is 5.47. The Labute approximate surface area is 148 Å². The predicted octanol–water partition coefficient (Wildman–Crippen LogP) is 4.21. The summed E-state index contributed by atoms with van der Waals surface area (Å²) in [6.07, 6.45) is 7.49. The molecule has 0 saturated heterocycles. The summed E-state index contributed by atoms with van der Waals surface area (Å²) in [4.78, 5) is 14.9. The third kappa shape index (κ3) is 9.49. The van der Waals surface area contributed by atoms with Crippen LogP contribution >= 0.6 is 0 Å². The first kappa shape index (κ1) is 19.8. The van der Waals surface area contributed by atoms with Crippen LogP contribution in [0.1, 0.15) is 58.8 Å². The van der Waals surface area contributed by atoms with Crippen LogP contribution < -0.4 is 4.46 Å². The second kappa shape index (κ2) is 13.2. The Morgan fingerprint density at radius 2 is 1.57 bits per heavy atom. The van der Waals surface area contributed by atoms with E-state index in [2.05, 4.69) is 37.8 Å². The molecule has 0 saturated carbocycles. The first-order chi connectivity index (χ1) is 11.3. The normalized spacial score (nSPS) is 10.0. The van der Waals surface area contributed by atoms with Crippen molar-refractivity contribution in [2.24, 2.45) is 0 Å². The van der Waals surface area contributed by atoms with Gasteiger partial charge >= 0.3 is 148 Å². The number of rotatable bonds is 10. The molecule has 3 heteroatoms. The number of benzene rings is 1. The fraction of sp³-hybridized carbons (Fsp3) is 0.550. The molecule has 1 aromatic carbocycles. The van der Waals surface area contributed by atoms with E-state index in [1.807, 2.05) is 23.1 Å². The molecule has 0 bridgehead atoms. The van der Waals surface area contributed by atoms with Crippen LogP contribution in [0.25, 0.3) is 0 Å². The van der Waals surface area contributed by atoms with E-state index in [1.54, 1.807) is 0 Å². The second-order valence-electron chi connectivity index (χ2n) is 5.58. The molecule has 1 aromatic rings. The van der Waals surface area contributed by atoms with Crippen molar-refractivity contribution in [3.05, 3.63) is 30.3 Å². The molecule has 1 rings (SSSR count). The third-order valence-electron chi connectivity index (χ3n) is 3.50. The molecule has 0 atom stereocenters. The fourth-order valence-corrected chi connectivity index (χ4v) is 3.79. The van der Waals surface area contributed by atoms with Crippen LogP contribution in [0, 0.1) is 11.8 Å². The van der Waals surface area contributed by atoms with Crippen LogP contribution in [0.3, 0.4) is 0 Å². The average Bonchev–Trinajstić information content (AvgIpc) is 2.57. The summed E-state index contributed by atoms with van der Waals surface area (Å²) in [5.41, 5.74) is 0. The van der Waals surface area contributed by atoms with Gasteiger partial charge in [0, 0.05) is 0 Å². The molecule has 0 aliphatic rings. The molecular weight excluding hydrogens is 349 g/mol. The Hall–Kier alpha value is -1.23. The molecule has 0 spiro atoms. The Morgan fingerprint density at radius 1 is 0.957 bits per heavy atom. The monoisotopic (exact) mass is 379 g/mol. The van der Waals surface area contributed by atoms with Gasteiger partial charge in [0.25, 0.3) is 0 Å². The number of carbonyl (C=O) groups excluding carboxylic acids is 1. The summed E-state index contributed by atoms with van der Waals surface area (Å²) < 4.78 is 1.16. The number of unbranched alkanes of at least 4 members (excludes halogenated alkanes) is 4. The van der Waals surface area contributed by atoms with Crippen molar-refractivity contribution >= 4 is 24.2 Å². The van der Waals surface area contributed by atoms with Crippen molar-refractivity contribution < 1.29 is 4.79 Å². The molecule has 1 amide bonds. The molecule has 0 radical (unpaired) electrons. The number of amides is 1. The van der Waals surface area contributed by atoms with E-state index in [4.69, 9.17) is 0 Å². The van der Waals surface area contributed by atoms with Gasteiger partial charge in [-0.05, 0) is 0 Å². The molecule has 0 unspecified atom stereocenters. The summed E-state index contributed by atoms with van der Waals surface area (Å²) in [6.45, 7) is 6.08. The van der Waals surface area contributed by atoms with Crippen molar-refractivity contribution in [3.63, 3.8) is 0 Å². The van der Waals surface area contributed by atoms with Crippen molar-refractivity contribution in [3.8, 4) is 11.8 Å². The van der Waals surface area contributed by atoms with Crippen molar-refractivity contribution in [1.82, 2.24) is 4.90 Å². The molecule has 0 N–H and O–H groups in total. The van der Waals surface area contributed by atoms with E-state index in [9.17, 15) is 4.79 Å². The summed E-state index contributed by atoms with van der Waals surface area (Å²) in [6, 6.07) is 10.1. The van der Waals surface area contributed by atoms with Crippen LogP contribution in [-0.2, 0) is 0 Å². The fourth-order valence-electron chi connectivity index (χ4n) is 2.10. The number of nitrogens with zero attached hydrogens (tertiary/aromatic N) is 1. The molecule has 0 aliphatic heterocycles. The number of hydrogen-bond acceptors (Lipinski definition) is 1. The minimum absolute atomic E-state index is 0.109. The van der Waals surface area contributed by atoms with Gasteiger partial charge in [0.2, 0.25) is 0 Å². The molecule has 2 nitrogen and oxygen atoms in total. The van der Waals surface area contributed by atoms with Gasteiger partial charge in [-0.2, -0.15) is 0 Å². The summed E-state index contributed by atoms with van der Waals surface area (Å²) in [5, 5.41) is 0. The van der Waals surface area contributed by atoms with E-state index in [-0.39, 0.29) is 15.0 Å². The predicted molar refractivity (Wildman–Crippen MR) is 100 cm³/mol. The SMILES string of the molecule is CCCCC#CCCCN(CCCC)C(=O)[Se]c1ccccc1. The molecule has 0 aliphatic carbocycles. The van der Waals surface area contributed by atoms with Crippen molar-refractivity contribution in [1.29, 1.82) is 0 Å². The zero-order valence-electron chi connectivity index (χ0n) is 14.5. The van der Waals surface area contributed by atoms with Gasteiger partial charge in [0.1, 0.15) is 0 Å². The topological polar surface area (TPSA) is 20.3 Å². The Kier molecular flexibility index (Phi) is 11.4. The second-order valence-corrected chi connectivity index (χ2v) is 7.73. The molecule has 0 heterocycles. The first-order valence-corrected chi connectivity index (χ1v) is 10.5. The van der Waals surface area contributed by atoms with E-state index in [1.165, 1.54) is 12.8 Å². The number of carbonyl (C=O) groups is 1. The van der Waals surface area contributed by atoms with Crippen LogP contribution in [0.15, 0.2) is 30.3 Å². The standard InChI is InChI=1S/C20H29NOSe/c1-3-5-7-8-9-10-14-18-21(17-6-4-2)20(22)23-19-15-12-11-13-16-19/h11-13,15-16H,3-7,10,14,17-18H2,1-2H3. The molecule has 126 valence electrons. The summed E-state index contributed by atoms with van der Waals surface area (Å²) in [7, 11) is 0. The zero-order valence-corrected chi connectivity index (χ0v) is 16.2. The van der Waals surface area contributed by atoms with Crippen LogP contribution in [0.5, 0.6) is 0 Å². The Bertz CT molecular complexity index is 489. The van der Waals surface area contributed by atoms with Crippen molar-refractivity contribution in [2.75, 3.05) is 13.1 Å². The van der Waals surface area contributed by atoms with Gasteiger partial charge < -0.3 is 0 Å². The van der Waals surface area contributed by atoms with Gasteiger partial charge in [-0.1, -0.05) is 0 Å². The van der Waals surface area contributed by atoms with E-state index < -0.39 is 0 Å². The average molecular weight is 378 g/mol. The maximum absolute atomic E-state index is 12.5. The molecule has 23 heavy (non-hydrogen) atoms. The van der Waals surface area contributed by atoms with Crippen LogP contribution in [0.4, 0.5) is 4.79 Å². The molecule has 0 aromatic heterocycles. The maximum atomic E-state index is 12.5. The van der Waals surface area contributed by atoms with E-state index in [0.29, 0.717) is 4.81 Å². The zero-order chi connectivity index (χ0) is 16.8. The van der Waals surface area contributed by atoms with Gasteiger partial charge in [-0.25, -0.2) is 0 Å². The van der Waals surface area contributed by atoms with Gasteiger partial charge in [-0.3, -0.25) is 0 Å². The minimum atomic E-state index is -0.109. The van der Waals surface area contributed by atoms with E-state index >= 15 is 0 Å². The molecule has 0 fully saturated rings. The summed E-state index contributed by atoms with van der Waals surface area (Å²) in [5.74, 6) is 6.46. The van der Waals surface area contributed by atoms with E-state index in [0.717, 1.165) is 49.7 Å². The van der Waals surface area contributed by atoms with Crippen molar-refractivity contribution in [2.45, 2.75) is 58.8 Å².